The van der Waals surface area contributed by atoms with Crippen molar-refractivity contribution < 1.29 is 36.2 Å². The Bertz CT molecular complexity index is 823. The smallest absolute Gasteiger partial charge is 0.436 e. The number of carboxylic acid groups (broad SMARTS) is 1. The largest absolute Gasteiger partial charge is 0.477 e. The van der Waals surface area contributed by atoms with E-state index in [1.54, 1.807) is 0 Å². The molecule has 1 aliphatic heterocycles. The molecule has 11 heteroatoms. The van der Waals surface area contributed by atoms with E-state index in [-0.39, 0.29) is 24.6 Å². The van der Waals surface area contributed by atoms with Crippen LogP contribution in [0.15, 0.2) is 24.3 Å². The number of aromatic carboxylic acids is 1. The molecule has 0 saturated carbocycles. The number of hydrogen-bond acceptors (Lipinski definition) is 3. The van der Waals surface area contributed by atoms with Gasteiger partial charge in [-0.15, -0.1) is 0 Å². The molecule has 1 N–H and O–H groups in total. The lowest BCUT2D eigenvalue weighted by Crippen LogP contribution is -2.19. The van der Waals surface area contributed by atoms with Gasteiger partial charge in [-0.25, -0.2) is 9.48 Å². The molecule has 0 aliphatic carbocycles. The van der Waals surface area contributed by atoms with Gasteiger partial charge in [0.15, 0.2) is 5.69 Å². The van der Waals surface area contributed by atoms with Crippen LogP contribution < -0.4 is 4.90 Å². The zero-order valence-electron chi connectivity index (χ0n) is 12.2. The molecule has 1 aromatic heterocycles. The maximum atomic E-state index is 13.0. The molecule has 0 bridgehead atoms. The Morgan fingerprint density at radius 2 is 1.60 bits per heavy atom. The summed E-state index contributed by atoms with van der Waals surface area (Å²) in [5.74, 6) is -2.12. The van der Waals surface area contributed by atoms with Crippen LogP contribution >= 0.6 is 0 Å². The van der Waals surface area contributed by atoms with Crippen LogP contribution in [0.1, 0.15) is 21.6 Å². The maximum Gasteiger partial charge on any atom is 0.436 e. The zero-order chi connectivity index (χ0) is 18.6. The molecule has 3 rings (SSSR count). The highest BCUT2D eigenvalue weighted by Crippen LogP contribution is 2.41. The number of rotatable bonds is 2. The lowest BCUT2D eigenvalue weighted by molar-refractivity contribution is -0.142. The van der Waals surface area contributed by atoms with E-state index >= 15 is 0 Å². The van der Waals surface area contributed by atoms with Gasteiger partial charge in [0.05, 0.1) is 12.1 Å². The maximum absolute atomic E-state index is 13.0. The molecule has 134 valence electrons. The highest BCUT2D eigenvalue weighted by molar-refractivity contribution is 5.96. The predicted molar refractivity (Wildman–Crippen MR) is 72.6 cm³/mol. The summed E-state index contributed by atoms with van der Waals surface area (Å²) in [6.45, 7) is 0.0683. The summed E-state index contributed by atoms with van der Waals surface area (Å²) in [6, 6.07) is 3.70. The fourth-order valence-corrected chi connectivity index (χ4v) is 2.66. The molecular formula is C14H9F6N3O2. The Kier molecular flexibility index (Phi) is 3.69. The third-order valence-electron chi connectivity index (χ3n) is 3.71. The van der Waals surface area contributed by atoms with Crippen molar-refractivity contribution in [1.29, 1.82) is 0 Å². The third-order valence-corrected chi connectivity index (χ3v) is 3.71. The molecule has 5 nitrogen and oxygen atoms in total. The van der Waals surface area contributed by atoms with Crippen molar-refractivity contribution in [2.24, 2.45) is 0 Å². The van der Waals surface area contributed by atoms with E-state index in [9.17, 15) is 31.1 Å². The van der Waals surface area contributed by atoms with E-state index in [1.165, 1.54) is 4.90 Å². The normalized spacial score (nSPS) is 14.7. The molecule has 1 aromatic carbocycles. The fraction of sp³-hybridized carbons (Fsp3) is 0.286. The van der Waals surface area contributed by atoms with Gasteiger partial charge in [0.25, 0.3) is 0 Å². The van der Waals surface area contributed by atoms with E-state index in [4.69, 9.17) is 5.11 Å². The van der Waals surface area contributed by atoms with Crippen molar-refractivity contribution in [2.75, 3.05) is 11.4 Å². The van der Waals surface area contributed by atoms with Crippen molar-refractivity contribution in [3.63, 3.8) is 0 Å². The number of aromatic nitrogens is 2. The molecule has 2 heterocycles. The first-order valence-corrected chi connectivity index (χ1v) is 6.86. The number of nitrogens with zero attached hydrogens (tertiary/aromatic N) is 3. The Morgan fingerprint density at radius 3 is 2.08 bits per heavy atom. The first-order chi connectivity index (χ1) is 11.5. The monoisotopic (exact) mass is 365 g/mol. The van der Waals surface area contributed by atoms with E-state index < -0.39 is 35.1 Å². The average molecular weight is 365 g/mol. The van der Waals surface area contributed by atoms with Crippen LogP contribution in [0.25, 0.3) is 0 Å². The number of alkyl halides is 6. The molecule has 25 heavy (non-hydrogen) atoms. The van der Waals surface area contributed by atoms with Gasteiger partial charge >= 0.3 is 18.3 Å². The summed E-state index contributed by atoms with van der Waals surface area (Å²) in [4.78, 5) is 12.5. The lowest BCUT2D eigenvalue weighted by atomic mass is 10.1. The van der Waals surface area contributed by atoms with Crippen LogP contribution in [0.5, 0.6) is 0 Å². The van der Waals surface area contributed by atoms with E-state index in [0.29, 0.717) is 0 Å². The van der Waals surface area contributed by atoms with E-state index in [2.05, 4.69) is 5.10 Å². The van der Waals surface area contributed by atoms with Gasteiger partial charge in [0.1, 0.15) is 11.4 Å². The molecule has 2 aromatic rings. The summed E-state index contributed by atoms with van der Waals surface area (Å²) >= 11 is 0. The first-order valence-electron chi connectivity index (χ1n) is 6.86. The Labute approximate surface area is 136 Å². The third kappa shape index (κ3) is 2.89. The number of hydrogen-bond donors (Lipinski definition) is 1. The highest BCUT2D eigenvalue weighted by atomic mass is 19.4. The van der Waals surface area contributed by atoms with Gasteiger partial charge in [-0.1, -0.05) is 0 Å². The molecular weight excluding hydrogens is 356 g/mol. The second kappa shape index (κ2) is 5.39. The minimum Gasteiger partial charge on any atom is -0.477 e. The number of halogens is 6. The quantitative estimate of drug-likeness (QED) is 0.824. The van der Waals surface area contributed by atoms with Gasteiger partial charge in [0, 0.05) is 12.2 Å². The number of anilines is 2. The summed E-state index contributed by atoms with van der Waals surface area (Å²) in [6.07, 6.45) is -9.52. The molecule has 0 spiro atoms. The minimum absolute atomic E-state index is 0.0211. The first kappa shape index (κ1) is 17.1. The molecule has 0 amide bonds. The minimum atomic E-state index is -4.96. The van der Waals surface area contributed by atoms with Gasteiger partial charge in [-0.2, -0.15) is 31.4 Å². The Hall–Kier alpha value is -2.72. The summed E-state index contributed by atoms with van der Waals surface area (Å²) in [5.41, 5.74) is -3.34. The fourth-order valence-electron chi connectivity index (χ4n) is 2.66. The van der Waals surface area contributed by atoms with Gasteiger partial charge in [-0.3, -0.25) is 0 Å². The summed E-state index contributed by atoms with van der Waals surface area (Å²) < 4.78 is 77.7. The summed E-state index contributed by atoms with van der Waals surface area (Å²) in [5, 5.41) is 12.5. The van der Waals surface area contributed by atoms with Crippen LogP contribution in [-0.2, 0) is 18.9 Å². The molecule has 0 saturated heterocycles. The van der Waals surface area contributed by atoms with Crippen molar-refractivity contribution in [3.8, 4) is 0 Å². The standard InChI is InChI=1S/C14H9F6N3O2/c15-13(16,17)7-1-3-8(4-2-7)22-5-6-23-11(22)9(12(24)25)10(21-23)14(18,19)20/h1-4H,5-6H2,(H,24,25). The number of carbonyl (C=O) groups is 1. The molecule has 0 fully saturated rings. The van der Waals surface area contributed by atoms with Gasteiger partial charge in [0.2, 0.25) is 0 Å². The number of fused-ring (bicyclic) bond motifs is 1. The zero-order valence-corrected chi connectivity index (χ0v) is 12.2. The van der Waals surface area contributed by atoms with Crippen molar-refractivity contribution in [1.82, 2.24) is 9.78 Å². The van der Waals surface area contributed by atoms with E-state index in [0.717, 1.165) is 28.9 Å². The number of benzene rings is 1. The Morgan fingerprint density at radius 1 is 1.00 bits per heavy atom. The van der Waals surface area contributed by atoms with Crippen LogP contribution in [0.4, 0.5) is 37.8 Å². The topological polar surface area (TPSA) is 58.4 Å². The van der Waals surface area contributed by atoms with Gasteiger partial charge < -0.3 is 10.0 Å². The number of carboxylic acids is 1. The molecule has 0 radical (unpaired) electrons. The highest BCUT2D eigenvalue weighted by Gasteiger charge is 2.44. The van der Waals surface area contributed by atoms with Crippen molar-refractivity contribution in [2.45, 2.75) is 18.9 Å². The van der Waals surface area contributed by atoms with Crippen LogP contribution in [-0.4, -0.2) is 27.4 Å². The molecule has 0 atom stereocenters. The lowest BCUT2D eigenvalue weighted by Gasteiger charge is -2.19. The second-order valence-electron chi connectivity index (χ2n) is 5.27. The van der Waals surface area contributed by atoms with Gasteiger partial charge in [-0.05, 0) is 24.3 Å². The SMILES string of the molecule is O=C(O)c1c(C(F)(F)F)nn2c1N(c1ccc(C(F)(F)F)cc1)CC2. The summed E-state index contributed by atoms with van der Waals surface area (Å²) in [7, 11) is 0. The van der Waals surface area contributed by atoms with Crippen LogP contribution in [0, 0.1) is 0 Å². The van der Waals surface area contributed by atoms with Crippen molar-refractivity contribution >= 4 is 17.5 Å². The molecule has 0 unspecified atom stereocenters. The predicted octanol–water partition coefficient (Wildman–Crippen LogP) is 3.77. The molecule has 1 aliphatic rings. The second-order valence-corrected chi connectivity index (χ2v) is 5.27. The average Bonchev–Trinajstić information content (AvgIpc) is 3.04. The Balaban J connectivity index is 2.07. The van der Waals surface area contributed by atoms with Crippen molar-refractivity contribution in [3.05, 3.63) is 41.1 Å². The van der Waals surface area contributed by atoms with Crippen LogP contribution in [0.3, 0.4) is 0 Å². The van der Waals surface area contributed by atoms with Crippen LogP contribution in [0.2, 0.25) is 0 Å². The van der Waals surface area contributed by atoms with E-state index in [1.807, 2.05) is 0 Å².